The van der Waals surface area contributed by atoms with Crippen molar-refractivity contribution in [3.8, 4) is 0 Å². The minimum atomic E-state index is -1.21. The van der Waals surface area contributed by atoms with Gasteiger partial charge in [0.1, 0.15) is 25.9 Å². The largest absolute Gasteiger partial charge is 0.486 e. The molecule has 2 aliphatic rings. The van der Waals surface area contributed by atoms with Crippen LogP contribution in [0.1, 0.15) is 12.0 Å². The molecule has 3 atom stereocenters. The van der Waals surface area contributed by atoms with E-state index in [1.54, 1.807) is 19.2 Å². The highest BCUT2D eigenvalue weighted by Gasteiger charge is 2.32. The molecule has 1 aliphatic heterocycles. The van der Waals surface area contributed by atoms with Crippen LogP contribution in [0.3, 0.4) is 0 Å². The van der Waals surface area contributed by atoms with Gasteiger partial charge in [-0.1, -0.05) is 36.4 Å². The van der Waals surface area contributed by atoms with Gasteiger partial charge < -0.3 is 30.0 Å². The number of rotatable bonds is 9. The molecule has 166 valence electrons. The molecule has 1 heterocycles. The molecule has 8 heteroatoms. The van der Waals surface area contributed by atoms with Crippen molar-refractivity contribution < 1.29 is 28.9 Å². The zero-order valence-corrected chi connectivity index (χ0v) is 17.5. The number of allylic oxidation sites excluding steroid dienone is 3. The van der Waals surface area contributed by atoms with Gasteiger partial charge in [0, 0.05) is 7.05 Å². The summed E-state index contributed by atoms with van der Waals surface area (Å²) in [6.45, 7) is 1.25. The maximum absolute atomic E-state index is 13.1. The molecule has 0 bridgehead atoms. The first kappa shape index (κ1) is 22.6. The average molecular weight is 428 g/mol. The summed E-state index contributed by atoms with van der Waals surface area (Å²) < 4.78 is 16.1. The van der Waals surface area contributed by atoms with E-state index < -0.39 is 24.1 Å². The van der Waals surface area contributed by atoms with E-state index in [9.17, 15) is 14.7 Å². The molecule has 0 radical (unpaired) electrons. The molecule has 8 nitrogen and oxygen atoms in total. The fraction of sp³-hybridized carbons (Fsp3) is 0.391. The third kappa shape index (κ3) is 5.74. The minimum Gasteiger partial charge on any atom is -0.486 e. The average Bonchev–Trinajstić information content (AvgIpc) is 3.03. The maximum Gasteiger partial charge on any atom is 0.293 e. The van der Waals surface area contributed by atoms with Crippen LogP contribution in [0.4, 0.5) is 0 Å². The van der Waals surface area contributed by atoms with Crippen molar-refractivity contribution in [2.24, 2.45) is 5.73 Å². The van der Waals surface area contributed by atoms with Crippen LogP contribution in [-0.4, -0.2) is 67.4 Å². The molecule has 0 saturated carbocycles. The molecule has 1 aromatic carbocycles. The lowest BCUT2D eigenvalue weighted by Crippen LogP contribution is -2.53. The van der Waals surface area contributed by atoms with Crippen molar-refractivity contribution in [2.45, 2.75) is 31.0 Å². The summed E-state index contributed by atoms with van der Waals surface area (Å²) >= 11 is 0. The number of ether oxygens (including phenoxy) is 3. The van der Waals surface area contributed by atoms with Crippen molar-refractivity contribution in [1.82, 2.24) is 4.90 Å². The van der Waals surface area contributed by atoms with Gasteiger partial charge in [0.2, 0.25) is 5.91 Å². The number of aliphatic hydroxyl groups is 1. The second kappa shape index (κ2) is 10.8. The monoisotopic (exact) mass is 428 g/mol. The van der Waals surface area contributed by atoms with Crippen LogP contribution in [0.2, 0.25) is 0 Å². The molecular weight excluding hydrogens is 400 g/mol. The number of nitrogens with zero attached hydrogens (tertiary/aromatic N) is 1. The molecule has 1 amide bonds. The normalized spacial score (nSPS) is 18.4. The number of hydrogen-bond acceptors (Lipinski definition) is 7. The fourth-order valence-corrected chi connectivity index (χ4v) is 3.55. The number of amides is 1. The van der Waals surface area contributed by atoms with Gasteiger partial charge in [-0.25, -0.2) is 0 Å². The van der Waals surface area contributed by atoms with Crippen LogP contribution in [-0.2, 0) is 30.2 Å². The Morgan fingerprint density at radius 2 is 1.97 bits per heavy atom. The predicted molar refractivity (Wildman–Crippen MR) is 113 cm³/mol. The second-order valence-corrected chi connectivity index (χ2v) is 7.44. The Morgan fingerprint density at radius 3 is 2.68 bits per heavy atom. The SMILES string of the molecule is CN(C(=O)C(N)C(O)C1=CC2=C(C=CC1)OCCO2)C(COC=O)Cc1ccccc1. The van der Waals surface area contributed by atoms with Crippen LogP contribution in [0.5, 0.6) is 0 Å². The summed E-state index contributed by atoms with van der Waals surface area (Å²) in [5.74, 6) is 0.662. The Hall–Kier alpha value is -3.10. The highest BCUT2D eigenvalue weighted by Crippen LogP contribution is 2.25. The van der Waals surface area contributed by atoms with Crippen LogP contribution in [0, 0.1) is 0 Å². The maximum atomic E-state index is 13.1. The molecule has 31 heavy (non-hydrogen) atoms. The first-order chi connectivity index (χ1) is 15.0. The number of likely N-dealkylation sites (N-methyl/N-ethyl adjacent to an activating group) is 1. The second-order valence-electron chi connectivity index (χ2n) is 7.44. The van der Waals surface area contributed by atoms with Crippen LogP contribution < -0.4 is 5.73 Å². The summed E-state index contributed by atoms with van der Waals surface area (Å²) in [4.78, 5) is 25.2. The molecule has 3 N–H and O–H groups in total. The van der Waals surface area contributed by atoms with Gasteiger partial charge in [-0.05, 0) is 36.1 Å². The van der Waals surface area contributed by atoms with Crippen LogP contribution >= 0.6 is 0 Å². The van der Waals surface area contributed by atoms with Gasteiger partial charge in [-0.2, -0.15) is 0 Å². The molecule has 3 rings (SSSR count). The molecule has 1 aromatic rings. The number of benzene rings is 1. The highest BCUT2D eigenvalue weighted by atomic mass is 16.6. The lowest BCUT2D eigenvalue weighted by atomic mass is 9.97. The predicted octanol–water partition coefficient (Wildman–Crippen LogP) is 1.06. The summed E-state index contributed by atoms with van der Waals surface area (Å²) in [7, 11) is 1.59. The van der Waals surface area contributed by atoms with Gasteiger partial charge in [0.25, 0.3) is 6.47 Å². The van der Waals surface area contributed by atoms with E-state index in [2.05, 4.69) is 0 Å². The van der Waals surface area contributed by atoms with Crippen molar-refractivity contribution in [1.29, 1.82) is 0 Å². The Kier molecular flexibility index (Phi) is 7.86. The molecule has 0 spiro atoms. The standard InChI is InChI=1S/C23H28N2O6/c1-25(18(14-29-15-26)12-16-6-3-2-4-7-16)23(28)21(24)22(27)17-8-5-9-19-20(13-17)31-11-10-30-19/h2-7,9,13,15,18,21-22,27H,8,10-12,14,24H2,1H3. The van der Waals surface area contributed by atoms with E-state index >= 15 is 0 Å². The van der Waals surface area contributed by atoms with Gasteiger partial charge >= 0.3 is 0 Å². The number of nitrogens with two attached hydrogens (primary N) is 1. The minimum absolute atomic E-state index is 0.0241. The van der Waals surface area contributed by atoms with Crippen molar-refractivity contribution >= 4 is 12.4 Å². The van der Waals surface area contributed by atoms with Gasteiger partial charge in [0.15, 0.2) is 11.5 Å². The van der Waals surface area contributed by atoms with E-state index in [0.717, 1.165) is 5.56 Å². The van der Waals surface area contributed by atoms with Gasteiger partial charge in [-0.3, -0.25) is 9.59 Å². The van der Waals surface area contributed by atoms with Gasteiger partial charge in [0.05, 0.1) is 12.1 Å². The molecule has 0 aromatic heterocycles. The first-order valence-corrected chi connectivity index (χ1v) is 10.2. The first-order valence-electron chi connectivity index (χ1n) is 10.2. The topological polar surface area (TPSA) is 111 Å². The van der Waals surface area contributed by atoms with E-state index in [0.29, 0.717) is 49.6 Å². The number of carbonyl (C=O) groups is 2. The lowest BCUT2D eigenvalue weighted by molar-refractivity contribution is -0.140. The van der Waals surface area contributed by atoms with E-state index in [1.165, 1.54) is 4.90 Å². The zero-order chi connectivity index (χ0) is 22.2. The number of carbonyl (C=O) groups excluding carboxylic acids is 2. The summed E-state index contributed by atoms with van der Waals surface area (Å²) in [6.07, 6.45) is 4.99. The van der Waals surface area contributed by atoms with E-state index in [4.69, 9.17) is 19.9 Å². The quantitative estimate of drug-likeness (QED) is 0.566. The van der Waals surface area contributed by atoms with Gasteiger partial charge in [-0.15, -0.1) is 0 Å². The van der Waals surface area contributed by atoms with Crippen molar-refractivity contribution in [3.05, 3.63) is 71.2 Å². The third-order valence-electron chi connectivity index (χ3n) is 5.35. The smallest absolute Gasteiger partial charge is 0.293 e. The Bertz CT molecular complexity index is 864. The Balaban J connectivity index is 1.72. The van der Waals surface area contributed by atoms with E-state index in [-0.39, 0.29) is 6.61 Å². The van der Waals surface area contributed by atoms with Crippen LogP contribution in [0.15, 0.2) is 65.7 Å². The van der Waals surface area contributed by atoms with Crippen LogP contribution in [0.25, 0.3) is 0 Å². The summed E-state index contributed by atoms with van der Waals surface area (Å²) in [5, 5.41) is 10.8. The molecule has 0 saturated heterocycles. The van der Waals surface area contributed by atoms with Crippen molar-refractivity contribution in [2.75, 3.05) is 26.9 Å². The zero-order valence-electron chi connectivity index (χ0n) is 17.5. The lowest BCUT2D eigenvalue weighted by Gasteiger charge is -2.31. The number of aliphatic hydroxyl groups excluding tert-OH is 1. The molecule has 0 fully saturated rings. The Labute approximate surface area is 181 Å². The molecule has 1 aliphatic carbocycles. The highest BCUT2D eigenvalue weighted by molar-refractivity contribution is 5.83. The van der Waals surface area contributed by atoms with E-state index in [1.807, 2.05) is 36.4 Å². The summed E-state index contributed by atoms with van der Waals surface area (Å²) in [5.41, 5.74) is 7.71. The Morgan fingerprint density at radius 1 is 1.26 bits per heavy atom. The summed E-state index contributed by atoms with van der Waals surface area (Å²) in [6, 6.07) is 7.95. The fourth-order valence-electron chi connectivity index (χ4n) is 3.55. The third-order valence-corrected chi connectivity index (χ3v) is 5.35. The number of hydrogen-bond donors (Lipinski definition) is 2. The van der Waals surface area contributed by atoms with Crippen molar-refractivity contribution in [3.63, 3.8) is 0 Å². The molecule has 3 unspecified atom stereocenters. The molecular formula is C23H28N2O6.